The molecule has 176 valence electrons. The Balaban J connectivity index is 1.96. The number of hydrogen-bond acceptors (Lipinski definition) is 9. The number of aromatic nitrogens is 1. The summed E-state index contributed by atoms with van der Waals surface area (Å²) in [5.41, 5.74) is 8.08. The van der Waals surface area contributed by atoms with E-state index in [2.05, 4.69) is 17.2 Å². The second-order valence-corrected chi connectivity index (χ2v) is 9.28. The lowest BCUT2D eigenvalue weighted by Crippen LogP contribution is -2.15. The van der Waals surface area contributed by atoms with Crippen LogP contribution in [0.4, 0.5) is 10.7 Å². The molecule has 10 heteroatoms. The number of nitrogens with zero attached hydrogens (tertiary/aromatic N) is 1. The molecule has 0 saturated heterocycles. The van der Waals surface area contributed by atoms with Crippen molar-refractivity contribution < 1.29 is 23.9 Å². The fourth-order valence-electron chi connectivity index (χ4n) is 3.30. The predicted octanol–water partition coefficient (Wildman–Crippen LogP) is 5.20. The first-order chi connectivity index (χ1) is 15.8. The van der Waals surface area contributed by atoms with Crippen LogP contribution in [0, 0.1) is 6.92 Å². The van der Waals surface area contributed by atoms with Gasteiger partial charge in [0.15, 0.2) is 0 Å². The van der Waals surface area contributed by atoms with E-state index in [4.69, 9.17) is 15.2 Å². The van der Waals surface area contributed by atoms with Gasteiger partial charge in [-0.2, -0.15) is 0 Å². The van der Waals surface area contributed by atoms with Gasteiger partial charge in [-0.25, -0.2) is 14.6 Å². The summed E-state index contributed by atoms with van der Waals surface area (Å²) in [6.45, 7) is 7.48. The number of aryl methyl sites for hydroxylation is 1. The second kappa shape index (κ2) is 10.8. The van der Waals surface area contributed by atoms with E-state index in [1.807, 2.05) is 12.1 Å². The quantitative estimate of drug-likeness (QED) is 0.396. The van der Waals surface area contributed by atoms with Crippen LogP contribution in [0.15, 0.2) is 12.1 Å². The number of pyridine rings is 1. The summed E-state index contributed by atoms with van der Waals surface area (Å²) in [7, 11) is 0. The molecule has 0 aliphatic heterocycles. The van der Waals surface area contributed by atoms with Gasteiger partial charge in [-0.1, -0.05) is 13.3 Å². The normalized spacial score (nSPS) is 10.9. The lowest BCUT2D eigenvalue weighted by molar-refractivity contribution is 0.0527. The molecule has 0 radical (unpaired) electrons. The van der Waals surface area contributed by atoms with Gasteiger partial charge in [0.1, 0.15) is 19.6 Å². The Morgan fingerprint density at radius 1 is 1.03 bits per heavy atom. The number of nitrogens with one attached hydrogen (secondary N) is 1. The van der Waals surface area contributed by atoms with Crippen molar-refractivity contribution in [2.75, 3.05) is 24.3 Å². The van der Waals surface area contributed by atoms with Gasteiger partial charge in [0.05, 0.1) is 24.5 Å². The predicted molar refractivity (Wildman–Crippen MR) is 132 cm³/mol. The summed E-state index contributed by atoms with van der Waals surface area (Å²) in [6.07, 6.45) is 2.96. The van der Waals surface area contributed by atoms with Gasteiger partial charge in [0.2, 0.25) is 0 Å². The molecule has 3 aromatic rings. The van der Waals surface area contributed by atoms with E-state index >= 15 is 0 Å². The Morgan fingerprint density at radius 3 is 2.39 bits per heavy atom. The minimum absolute atomic E-state index is 0.137. The Labute approximate surface area is 200 Å². The van der Waals surface area contributed by atoms with Crippen LogP contribution >= 0.6 is 22.7 Å². The number of fused-ring (bicyclic) bond motifs is 1. The Morgan fingerprint density at radius 2 is 1.73 bits per heavy atom. The number of amides is 1. The molecule has 0 bridgehead atoms. The maximum absolute atomic E-state index is 13.1. The molecule has 33 heavy (non-hydrogen) atoms. The molecule has 3 aromatic heterocycles. The summed E-state index contributed by atoms with van der Waals surface area (Å²) >= 11 is 2.17. The highest BCUT2D eigenvalue weighted by Crippen LogP contribution is 2.37. The van der Waals surface area contributed by atoms with E-state index in [1.54, 1.807) is 20.8 Å². The number of rotatable bonds is 9. The number of thiophene rings is 2. The first-order valence-electron chi connectivity index (χ1n) is 10.8. The van der Waals surface area contributed by atoms with E-state index in [-0.39, 0.29) is 28.7 Å². The van der Waals surface area contributed by atoms with E-state index in [9.17, 15) is 14.4 Å². The topological polar surface area (TPSA) is 121 Å². The zero-order valence-corrected chi connectivity index (χ0v) is 20.7. The van der Waals surface area contributed by atoms with E-state index in [1.165, 1.54) is 11.3 Å². The van der Waals surface area contributed by atoms with Crippen molar-refractivity contribution in [3.8, 4) is 0 Å². The van der Waals surface area contributed by atoms with Crippen molar-refractivity contribution >= 4 is 61.4 Å². The number of nitrogen functional groups attached to an aromatic ring is 1. The van der Waals surface area contributed by atoms with Gasteiger partial charge in [-0.3, -0.25) is 4.79 Å². The third-order valence-corrected chi connectivity index (χ3v) is 7.26. The van der Waals surface area contributed by atoms with Gasteiger partial charge in [-0.15, -0.1) is 22.7 Å². The maximum atomic E-state index is 13.1. The standard InChI is InChI=1S/C23H27N3O5S2/c1-5-8-9-13-10-11-14-16(24)18(33-20(14)25-13)19(27)26-21-15(22(28)30-6-2)12(4)17(32-21)23(29)31-7-3/h10-11H,5-9,24H2,1-4H3,(H,26,27). The van der Waals surface area contributed by atoms with Crippen LogP contribution in [-0.4, -0.2) is 36.0 Å². The van der Waals surface area contributed by atoms with Crippen molar-refractivity contribution in [2.24, 2.45) is 0 Å². The van der Waals surface area contributed by atoms with Crippen LogP contribution in [0.3, 0.4) is 0 Å². The summed E-state index contributed by atoms with van der Waals surface area (Å²) in [6, 6.07) is 3.81. The van der Waals surface area contributed by atoms with Crippen LogP contribution in [-0.2, 0) is 15.9 Å². The van der Waals surface area contributed by atoms with Crippen molar-refractivity contribution in [1.82, 2.24) is 4.98 Å². The molecule has 0 saturated carbocycles. The summed E-state index contributed by atoms with van der Waals surface area (Å²) < 4.78 is 10.2. The lowest BCUT2D eigenvalue weighted by Gasteiger charge is -2.06. The molecule has 0 unspecified atom stereocenters. The van der Waals surface area contributed by atoms with Crippen molar-refractivity contribution in [3.05, 3.63) is 38.7 Å². The summed E-state index contributed by atoms with van der Waals surface area (Å²) in [5, 5.41) is 3.68. The monoisotopic (exact) mass is 489 g/mol. The number of ether oxygens (including phenoxy) is 2. The van der Waals surface area contributed by atoms with E-state index < -0.39 is 17.8 Å². The molecule has 3 N–H and O–H groups in total. The number of anilines is 2. The van der Waals surface area contributed by atoms with E-state index in [0.29, 0.717) is 26.3 Å². The molecule has 0 aliphatic carbocycles. The van der Waals surface area contributed by atoms with Gasteiger partial charge in [0, 0.05) is 11.1 Å². The third-order valence-electron chi connectivity index (χ3n) is 4.96. The fourth-order valence-corrected chi connectivity index (χ4v) is 5.39. The molecule has 0 fully saturated rings. The van der Waals surface area contributed by atoms with Crippen LogP contribution in [0.25, 0.3) is 10.2 Å². The molecule has 0 spiro atoms. The number of nitrogens with two attached hydrogens (primary N) is 1. The first kappa shape index (κ1) is 24.7. The molecule has 0 aromatic carbocycles. The van der Waals surface area contributed by atoms with Gasteiger partial charge < -0.3 is 20.5 Å². The molecular weight excluding hydrogens is 462 g/mol. The second-order valence-electron chi connectivity index (χ2n) is 7.26. The largest absolute Gasteiger partial charge is 0.462 e. The maximum Gasteiger partial charge on any atom is 0.348 e. The highest BCUT2D eigenvalue weighted by atomic mass is 32.1. The molecule has 0 atom stereocenters. The van der Waals surface area contributed by atoms with Crippen LogP contribution in [0.5, 0.6) is 0 Å². The average molecular weight is 490 g/mol. The minimum Gasteiger partial charge on any atom is -0.462 e. The lowest BCUT2D eigenvalue weighted by atomic mass is 10.1. The Hall–Kier alpha value is -2.98. The fraction of sp³-hybridized carbons (Fsp3) is 0.391. The molecule has 1 amide bonds. The molecule has 3 heterocycles. The Bertz CT molecular complexity index is 1200. The van der Waals surface area contributed by atoms with Crippen LogP contribution in [0.2, 0.25) is 0 Å². The zero-order valence-electron chi connectivity index (χ0n) is 19.1. The zero-order chi connectivity index (χ0) is 24.1. The number of hydrogen-bond donors (Lipinski definition) is 2. The smallest absolute Gasteiger partial charge is 0.348 e. The van der Waals surface area contributed by atoms with Crippen molar-refractivity contribution in [3.63, 3.8) is 0 Å². The van der Waals surface area contributed by atoms with Crippen molar-refractivity contribution in [2.45, 2.75) is 47.0 Å². The minimum atomic E-state index is -0.622. The van der Waals surface area contributed by atoms with Gasteiger partial charge in [0.25, 0.3) is 5.91 Å². The SMILES string of the molecule is CCCCc1ccc2c(N)c(C(=O)Nc3sc(C(=O)OCC)c(C)c3C(=O)OCC)sc2n1. The molecule has 0 aliphatic rings. The van der Waals surface area contributed by atoms with Gasteiger partial charge in [-0.05, 0) is 51.3 Å². The highest BCUT2D eigenvalue weighted by Gasteiger charge is 2.28. The highest BCUT2D eigenvalue weighted by molar-refractivity contribution is 7.21. The van der Waals surface area contributed by atoms with Crippen molar-refractivity contribution in [1.29, 1.82) is 0 Å². The molecule has 8 nitrogen and oxygen atoms in total. The summed E-state index contributed by atoms with van der Waals surface area (Å²) in [4.78, 5) is 43.9. The molecule has 3 rings (SSSR count). The van der Waals surface area contributed by atoms with E-state index in [0.717, 1.165) is 36.3 Å². The van der Waals surface area contributed by atoms with Crippen LogP contribution in [0.1, 0.15) is 74.6 Å². The summed E-state index contributed by atoms with van der Waals surface area (Å²) in [5.74, 6) is -1.66. The first-order valence-corrected chi connectivity index (χ1v) is 12.4. The molecular formula is C23H27N3O5S2. The average Bonchev–Trinajstić information content (AvgIpc) is 3.29. The number of carbonyl (C=O) groups is 3. The number of unbranched alkanes of at least 4 members (excludes halogenated alkanes) is 1. The Kier molecular flexibility index (Phi) is 8.04. The third kappa shape index (κ3) is 5.17. The van der Waals surface area contributed by atoms with Crippen LogP contribution < -0.4 is 11.1 Å². The van der Waals surface area contributed by atoms with Gasteiger partial charge >= 0.3 is 11.9 Å². The number of carbonyl (C=O) groups excluding carboxylic acids is 3. The number of esters is 2.